The Morgan fingerprint density at radius 2 is 1.29 bits per heavy atom. The van der Waals surface area contributed by atoms with Crippen LogP contribution in [0.4, 0.5) is 17.3 Å². The maximum atomic E-state index is 11.2. The molecular weight excluding hydrogens is 506 g/mol. The van der Waals surface area contributed by atoms with Crippen LogP contribution in [0.3, 0.4) is 0 Å². The van der Waals surface area contributed by atoms with Gasteiger partial charge in [-0.2, -0.15) is 9.97 Å². The molecule has 0 saturated carbocycles. The van der Waals surface area contributed by atoms with E-state index in [9.17, 15) is 4.79 Å². The van der Waals surface area contributed by atoms with Gasteiger partial charge in [0, 0.05) is 33.6 Å². The Balaban J connectivity index is 1.58. The second kappa shape index (κ2) is 11.2. The van der Waals surface area contributed by atoms with Gasteiger partial charge in [-0.3, -0.25) is 9.69 Å². The van der Waals surface area contributed by atoms with Crippen LogP contribution in [0, 0.1) is 0 Å². The summed E-state index contributed by atoms with van der Waals surface area (Å²) in [7, 11) is 0. The Bertz CT molecular complexity index is 1730. The number of hydrogen-bond donors (Lipinski definition) is 1. The van der Waals surface area contributed by atoms with Crippen LogP contribution in [-0.2, 0) is 0 Å². The summed E-state index contributed by atoms with van der Waals surface area (Å²) >= 11 is 0. The Kier molecular flexibility index (Phi) is 7.03. The molecule has 41 heavy (non-hydrogen) atoms. The number of anilines is 3. The summed E-state index contributed by atoms with van der Waals surface area (Å²) in [5, 5.41) is 3.52. The van der Waals surface area contributed by atoms with E-state index in [0.717, 1.165) is 51.3 Å². The summed E-state index contributed by atoms with van der Waals surface area (Å²) in [5.41, 5.74) is 7.70. The SMILES string of the molecule is C=C1/C=C\C(Nc2ccc(C=O)cc2)=C(\C)N(c2nc(-c3ccccc3)nc(-c3ccccc3)n2)c2ccccc21. The van der Waals surface area contributed by atoms with Gasteiger partial charge in [0.15, 0.2) is 11.6 Å². The number of rotatable bonds is 6. The van der Waals surface area contributed by atoms with Crippen molar-refractivity contribution in [2.75, 3.05) is 10.2 Å². The molecule has 1 N–H and O–H groups in total. The van der Waals surface area contributed by atoms with Crippen LogP contribution in [0.15, 0.2) is 139 Å². The summed E-state index contributed by atoms with van der Waals surface area (Å²) in [4.78, 5) is 28.1. The molecule has 1 aliphatic rings. The van der Waals surface area contributed by atoms with Crippen molar-refractivity contribution in [1.29, 1.82) is 0 Å². The first-order valence-corrected chi connectivity index (χ1v) is 13.3. The van der Waals surface area contributed by atoms with E-state index in [1.165, 1.54) is 0 Å². The maximum absolute atomic E-state index is 11.2. The Hall–Kier alpha value is -5.62. The molecule has 6 heteroatoms. The highest BCUT2D eigenvalue weighted by atomic mass is 16.1. The van der Waals surface area contributed by atoms with E-state index < -0.39 is 0 Å². The zero-order valence-corrected chi connectivity index (χ0v) is 22.5. The fraction of sp³-hybridized carbons (Fsp3) is 0.0286. The number of para-hydroxylation sites is 1. The predicted molar refractivity (Wildman–Crippen MR) is 166 cm³/mol. The molecule has 2 heterocycles. The molecule has 0 saturated heterocycles. The molecule has 0 spiro atoms. The molecule has 5 aromatic rings. The summed E-state index contributed by atoms with van der Waals surface area (Å²) < 4.78 is 0. The number of aldehydes is 1. The molecule has 6 rings (SSSR count). The summed E-state index contributed by atoms with van der Waals surface area (Å²) in [5.74, 6) is 1.65. The van der Waals surface area contributed by atoms with Crippen molar-refractivity contribution in [2.45, 2.75) is 6.92 Å². The molecule has 0 bridgehead atoms. The largest absolute Gasteiger partial charge is 0.354 e. The fourth-order valence-electron chi connectivity index (χ4n) is 4.72. The van der Waals surface area contributed by atoms with Gasteiger partial charge in [-0.05, 0) is 48.9 Å². The van der Waals surface area contributed by atoms with E-state index in [-0.39, 0.29) is 0 Å². The van der Waals surface area contributed by atoms with Gasteiger partial charge in [0.25, 0.3) is 0 Å². The minimum Gasteiger partial charge on any atom is -0.354 e. The van der Waals surface area contributed by atoms with Crippen molar-refractivity contribution in [3.63, 3.8) is 0 Å². The lowest BCUT2D eigenvalue weighted by Crippen LogP contribution is -2.23. The Morgan fingerprint density at radius 1 is 0.707 bits per heavy atom. The highest BCUT2D eigenvalue weighted by Crippen LogP contribution is 2.38. The van der Waals surface area contributed by atoms with Crippen molar-refractivity contribution < 1.29 is 4.79 Å². The van der Waals surface area contributed by atoms with Crippen LogP contribution in [0.2, 0.25) is 0 Å². The molecule has 0 atom stereocenters. The third-order valence-electron chi connectivity index (χ3n) is 6.88. The number of hydrogen-bond acceptors (Lipinski definition) is 6. The number of aromatic nitrogens is 3. The van der Waals surface area contributed by atoms with E-state index >= 15 is 0 Å². The highest BCUT2D eigenvalue weighted by molar-refractivity contribution is 5.86. The van der Waals surface area contributed by atoms with Crippen LogP contribution in [0.25, 0.3) is 28.3 Å². The molecule has 6 nitrogen and oxygen atoms in total. The van der Waals surface area contributed by atoms with E-state index in [0.29, 0.717) is 23.2 Å². The molecular formula is C35H27N5O. The van der Waals surface area contributed by atoms with Crippen LogP contribution in [0.5, 0.6) is 0 Å². The third kappa shape index (κ3) is 5.31. The second-order valence-corrected chi connectivity index (χ2v) is 9.59. The molecule has 4 aromatic carbocycles. The number of carbonyl (C=O) groups excluding carboxylic acids is 1. The van der Waals surface area contributed by atoms with Gasteiger partial charge < -0.3 is 5.32 Å². The molecule has 1 aliphatic heterocycles. The molecule has 0 radical (unpaired) electrons. The topological polar surface area (TPSA) is 71.0 Å². The van der Waals surface area contributed by atoms with E-state index in [1.54, 1.807) is 12.1 Å². The van der Waals surface area contributed by atoms with Crippen molar-refractivity contribution in [2.24, 2.45) is 0 Å². The number of fused-ring (bicyclic) bond motifs is 1. The number of carbonyl (C=O) groups is 1. The highest BCUT2D eigenvalue weighted by Gasteiger charge is 2.24. The van der Waals surface area contributed by atoms with Crippen LogP contribution in [-0.4, -0.2) is 21.2 Å². The first kappa shape index (κ1) is 25.6. The first-order chi connectivity index (χ1) is 20.1. The van der Waals surface area contributed by atoms with Gasteiger partial charge in [0.1, 0.15) is 6.29 Å². The van der Waals surface area contributed by atoms with Crippen molar-refractivity contribution in [3.8, 4) is 22.8 Å². The molecule has 198 valence electrons. The van der Waals surface area contributed by atoms with Gasteiger partial charge in [-0.15, -0.1) is 0 Å². The van der Waals surface area contributed by atoms with Gasteiger partial charge in [-0.1, -0.05) is 91.5 Å². The Labute approximate surface area is 239 Å². The lowest BCUT2D eigenvalue weighted by atomic mass is 10.0. The van der Waals surface area contributed by atoms with Gasteiger partial charge in [0.05, 0.1) is 11.4 Å². The average molecular weight is 534 g/mol. The summed E-state index contributed by atoms with van der Waals surface area (Å²) in [6.45, 7) is 6.38. The van der Waals surface area contributed by atoms with E-state index in [4.69, 9.17) is 15.0 Å². The summed E-state index contributed by atoms with van der Waals surface area (Å²) in [6.07, 6.45) is 4.84. The van der Waals surface area contributed by atoms with Gasteiger partial charge in [0.2, 0.25) is 5.95 Å². The fourth-order valence-corrected chi connectivity index (χ4v) is 4.72. The number of nitrogens with one attached hydrogen (secondary N) is 1. The Morgan fingerprint density at radius 3 is 1.90 bits per heavy atom. The van der Waals surface area contributed by atoms with Crippen LogP contribution in [0.1, 0.15) is 22.8 Å². The molecule has 0 aliphatic carbocycles. The van der Waals surface area contributed by atoms with Crippen molar-refractivity contribution in [1.82, 2.24) is 15.0 Å². The predicted octanol–water partition coefficient (Wildman–Crippen LogP) is 8.08. The zero-order chi connectivity index (χ0) is 28.2. The van der Waals surface area contributed by atoms with Gasteiger partial charge in [-0.25, -0.2) is 4.98 Å². The molecule has 0 amide bonds. The van der Waals surface area contributed by atoms with Crippen LogP contribution < -0.4 is 10.2 Å². The second-order valence-electron chi connectivity index (χ2n) is 9.59. The third-order valence-corrected chi connectivity index (χ3v) is 6.88. The molecule has 0 unspecified atom stereocenters. The lowest BCUT2D eigenvalue weighted by Gasteiger charge is -2.30. The minimum atomic E-state index is 0.487. The van der Waals surface area contributed by atoms with Gasteiger partial charge >= 0.3 is 0 Å². The average Bonchev–Trinajstić information content (AvgIpc) is 3.03. The number of nitrogens with zero attached hydrogens (tertiary/aromatic N) is 4. The standard InChI is InChI=1S/C35H27N5O/c1-24-17-22-31(36-29-20-18-26(23-41)19-21-29)25(2)40(32-16-10-9-15-30(24)32)35-38-33(27-11-5-3-6-12-27)37-34(39-35)28-13-7-4-8-14-28/h3-23,36H,1H2,2H3/b22-17-,31-25+. The lowest BCUT2D eigenvalue weighted by molar-refractivity contribution is 0.112. The molecule has 0 fully saturated rings. The quantitative estimate of drug-likeness (QED) is 0.223. The smallest absolute Gasteiger partial charge is 0.238 e. The zero-order valence-electron chi connectivity index (χ0n) is 22.5. The first-order valence-electron chi connectivity index (χ1n) is 13.3. The maximum Gasteiger partial charge on any atom is 0.238 e. The minimum absolute atomic E-state index is 0.487. The van der Waals surface area contributed by atoms with Crippen LogP contribution >= 0.6 is 0 Å². The normalized spacial score (nSPS) is 15.4. The van der Waals surface area contributed by atoms with Crippen molar-refractivity contribution >= 4 is 29.2 Å². The van der Waals surface area contributed by atoms with E-state index in [1.807, 2.05) is 115 Å². The number of benzene rings is 4. The van der Waals surface area contributed by atoms with E-state index in [2.05, 4.69) is 18.0 Å². The van der Waals surface area contributed by atoms with Crippen molar-refractivity contribution in [3.05, 3.63) is 150 Å². The number of allylic oxidation sites excluding steroid dienone is 4. The summed E-state index contributed by atoms with van der Waals surface area (Å²) in [6, 6.07) is 35.3. The monoisotopic (exact) mass is 533 g/mol. The molecule has 1 aromatic heterocycles.